The number of rotatable bonds is 5. The number of carbonyl (C=O) groups is 1. The van der Waals surface area contributed by atoms with Gasteiger partial charge in [0.1, 0.15) is 0 Å². The Morgan fingerprint density at radius 2 is 1.60 bits per heavy atom. The zero-order chi connectivity index (χ0) is 20.6. The number of benzene rings is 1. The van der Waals surface area contributed by atoms with Crippen molar-refractivity contribution in [1.29, 1.82) is 0 Å². The second-order valence-electron chi connectivity index (χ2n) is 7.97. The SMILES string of the molecule is O=C1NC(c2cccs2)(c2cccs2)C(O)N1C1CCN(Cc2ccccc2)CC1. The van der Waals surface area contributed by atoms with Crippen LogP contribution in [0.4, 0.5) is 4.79 Å². The van der Waals surface area contributed by atoms with Gasteiger partial charge in [0.15, 0.2) is 11.8 Å². The molecule has 1 aromatic carbocycles. The molecule has 2 aliphatic rings. The molecule has 1 atom stereocenters. The Labute approximate surface area is 184 Å². The van der Waals surface area contributed by atoms with Gasteiger partial charge in [-0.15, -0.1) is 22.7 Å². The molecule has 3 aromatic rings. The zero-order valence-electron chi connectivity index (χ0n) is 16.6. The summed E-state index contributed by atoms with van der Waals surface area (Å²) in [6, 6.07) is 18.3. The molecule has 0 aliphatic carbocycles. The van der Waals surface area contributed by atoms with Crippen molar-refractivity contribution in [2.75, 3.05) is 13.1 Å². The summed E-state index contributed by atoms with van der Waals surface area (Å²) in [7, 11) is 0. The van der Waals surface area contributed by atoms with Crippen LogP contribution in [-0.2, 0) is 12.1 Å². The third-order valence-electron chi connectivity index (χ3n) is 6.21. The third kappa shape index (κ3) is 3.36. The quantitative estimate of drug-likeness (QED) is 0.630. The largest absolute Gasteiger partial charge is 0.370 e. The number of hydrogen-bond donors (Lipinski definition) is 2. The summed E-state index contributed by atoms with van der Waals surface area (Å²) in [5, 5.41) is 18.7. The van der Waals surface area contributed by atoms with Gasteiger partial charge in [-0.3, -0.25) is 9.80 Å². The summed E-state index contributed by atoms with van der Waals surface area (Å²) in [5.41, 5.74) is 0.421. The van der Waals surface area contributed by atoms with Crippen LogP contribution in [0.3, 0.4) is 0 Å². The summed E-state index contributed by atoms with van der Waals surface area (Å²) in [4.78, 5) is 19.2. The van der Waals surface area contributed by atoms with Gasteiger partial charge in [0, 0.05) is 35.4 Å². The molecule has 1 unspecified atom stereocenters. The van der Waals surface area contributed by atoms with E-state index in [1.54, 1.807) is 27.6 Å². The van der Waals surface area contributed by atoms with E-state index in [2.05, 4.69) is 34.5 Å². The monoisotopic (exact) mass is 439 g/mol. The predicted molar refractivity (Wildman–Crippen MR) is 121 cm³/mol. The van der Waals surface area contributed by atoms with Gasteiger partial charge in [-0.2, -0.15) is 0 Å². The number of likely N-dealkylation sites (tertiary alicyclic amines) is 1. The average molecular weight is 440 g/mol. The molecule has 156 valence electrons. The second-order valence-corrected chi connectivity index (χ2v) is 9.86. The van der Waals surface area contributed by atoms with Crippen molar-refractivity contribution < 1.29 is 9.90 Å². The highest BCUT2D eigenvalue weighted by atomic mass is 32.1. The lowest BCUT2D eigenvalue weighted by Gasteiger charge is -2.39. The van der Waals surface area contributed by atoms with Crippen LogP contribution in [0.2, 0.25) is 0 Å². The van der Waals surface area contributed by atoms with Crippen LogP contribution < -0.4 is 5.32 Å². The van der Waals surface area contributed by atoms with Crippen LogP contribution in [0.25, 0.3) is 0 Å². The molecule has 2 N–H and O–H groups in total. The van der Waals surface area contributed by atoms with Crippen molar-refractivity contribution >= 4 is 28.7 Å². The molecule has 5 rings (SSSR count). The van der Waals surface area contributed by atoms with E-state index in [-0.39, 0.29) is 12.1 Å². The van der Waals surface area contributed by atoms with E-state index in [0.29, 0.717) is 0 Å². The summed E-state index contributed by atoms with van der Waals surface area (Å²) < 4.78 is 0. The first-order valence-corrected chi connectivity index (χ1v) is 12.1. The van der Waals surface area contributed by atoms with Gasteiger partial charge in [0.2, 0.25) is 0 Å². The average Bonchev–Trinajstić information content (AvgIpc) is 3.52. The third-order valence-corrected chi connectivity index (χ3v) is 8.22. The van der Waals surface area contributed by atoms with Gasteiger partial charge in [0.05, 0.1) is 0 Å². The number of hydrogen-bond acceptors (Lipinski definition) is 5. The lowest BCUT2D eigenvalue weighted by molar-refractivity contribution is -0.0190. The Kier molecular flexibility index (Phi) is 5.37. The lowest BCUT2D eigenvalue weighted by atomic mass is 9.92. The Balaban J connectivity index is 1.34. The zero-order valence-corrected chi connectivity index (χ0v) is 18.2. The van der Waals surface area contributed by atoms with Crippen LogP contribution in [0.1, 0.15) is 28.2 Å². The van der Waals surface area contributed by atoms with Gasteiger partial charge in [-0.05, 0) is 41.3 Å². The molecule has 2 saturated heterocycles. The van der Waals surface area contributed by atoms with Crippen molar-refractivity contribution in [1.82, 2.24) is 15.1 Å². The maximum atomic E-state index is 13.1. The van der Waals surface area contributed by atoms with Gasteiger partial charge in [-0.1, -0.05) is 42.5 Å². The molecule has 0 saturated carbocycles. The number of aliphatic hydroxyl groups excluding tert-OH is 1. The number of piperidine rings is 1. The molecule has 2 amide bonds. The smallest absolute Gasteiger partial charge is 0.320 e. The second kappa shape index (κ2) is 8.15. The number of nitrogens with one attached hydrogen (secondary N) is 1. The standard InChI is InChI=1S/C23H25N3O2S2/c27-21-23(19-8-4-14-29-19,20-9-5-15-30-20)24-22(28)26(21)18-10-12-25(13-11-18)16-17-6-2-1-3-7-17/h1-9,14-15,18,21,27H,10-13,16H2,(H,24,28). The van der Waals surface area contributed by atoms with Crippen LogP contribution >= 0.6 is 22.7 Å². The van der Waals surface area contributed by atoms with E-state index in [4.69, 9.17) is 0 Å². The minimum Gasteiger partial charge on any atom is -0.370 e. The molecular formula is C23H25N3O2S2. The highest BCUT2D eigenvalue weighted by Gasteiger charge is 2.56. The Bertz CT molecular complexity index is 933. The summed E-state index contributed by atoms with van der Waals surface area (Å²) in [5.74, 6) is 0. The Hall–Kier alpha value is -2.19. The van der Waals surface area contributed by atoms with Crippen LogP contribution in [0, 0.1) is 0 Å². The normalized spacial score (nSPS) is 22.4. The van der Waals surface area contributed by atoms with Crippen molar-refractivity contribution in [3.8, 4) is 0 Å². The van der Waals surface area contributed by atoms with E-state index in [1.807, 2.05) is 41.1 Å². The predicted octanol–water partition coefficient (Wildman–Crippen LogP) is 4.06. The minimum absolute atomic E-state index is 0.0359. The van der Waals surface area contributed by atoms with Crippen LogP contribution in [-0.4, -0.2) is 46.3 Å². The van der Waals surface area contributed by atoms with Crippen LogP contribution in [0.15, 0.2) is 65.4 Å². The molecule has 30 heavy (non-hydrogen) atoms. The number of carbonyl (C=O) groups excluding carboxylic acids is 1. The van der Waals surface area contributed by atoms with Gasteiger partial charge < -0.3 is 10.4 Å². The van der Waals surface area contributed by atoms with Crippen molar-refractivity contribution in [3.63, 3.8) is 0 Å². The molecular weight excluding hydrogens is 414 g/mol. The molecule has 7 heteroatoms. The molecule has 4 heterocycles. The highest BCUT2D eigenvalue weighted by molar-refractivity contribution is 7.11. The molecule has 2 fully saturated rings. The fourth-order valence-electron chi connectivity index (χ4n) is 4.69. The minimum atomic E-state index is -0.923. The highest BCUT2D eigenvalue weighted by Crippen LogP contribution is 2.44. The van der Waals surface area contributed by atoms with E-state index in [9.17, 15) is 9.90 Å². The van der Waals surface area contributed by atoms with E-state index in [0.717, 1.165) is 42.2 Å². The van der Waals surface area contributed by atoms with Crippen molar-refractivity contribution in [3.05, 3.63) is 80.7 Å². The van der Waals surface area contributed by atoms with E-state index in [1.165, 1.54) is 5.56 Å². The molecule has 2 aromatic heterocycles. The van der Waals surface area contributed by atoms with E-state index < -0.39 is 11.8 Å². The van der Waals surface area contributed by atoms with E-state index >= 15 is 0 Å². The van der Waals surface area contributed by atoms with Gasteiger partial charge in [-0.25, -0.2) is 4.79 Å². The summed E-state index contributed by atoms with van der Waals surface area (Å²) >= 11 is 3.14. The Morgan fingerprint density at radius 1 is 0.967 bits per heavy atom. The van der Waals surface area contributed by atoms with Gasteiger partial charge in [0.25, 0.3) is 0 Å². The fourth-order valence-corrected chi connectivity index (χ4v) is 6.58. The maximum absolute atomic E-state index is 13.1. The van der Waals surface area contributed by atoms with Gasteiger partial charge >= 0.3 is 6.03 Å². The first-order chi connectivity index (χ1) is 14.7. The van der Waals surface area contributed by atoms with Crippen molar-refractivity contribution in [2.45, 2.75) is 37.2 Å². The number of amides is 2. The maximum Gasteiger partial charge on any atom is 0.320 e. The first kappa shape index (κ1) is 19.8. The number of nitrogens with zero attached hydrogens (tertiary/aromatic N) is 2. The van der Waals surface area contributed by atoms with Crippen molar-refractivity contribution in [2.24, 2.45) is 0 Å². The summed E-state index contributed by atoms with van der Waals surface area (Å²) in [6.07, 6.45) is 0.804. The molecule has 5 nitrogen and oxygen atoms in total. The molecule has 0 spiro atoms. The lowest BCUT2D eigenvalue weighted by Crippen LogP contribution is -2.51. The molecule has 0 radical (unpaired) electrons. The number of thiophene rings is 2. The number of aliphatic hydroxyl groups is 1. The molecule has 0 bridgehead atoms. The Morgan fingerprint density at radius 3 is 2.17 bits per heavy atom. The summed E-state index contributed by atoms with van der Waals surface area (Å²) in [6.45, 7) is 2.76. The fraction of sp³-hybridized carbons (Fsp3) is 0.348. The number of urea groups is 1. The van der Waals surface area contributed by atoms with Crippen LogP contribution in [0.5, 0.6) is 0 Å². The topological polar surface area (TPSA) is 55.8 Å². The first-order valence-electron chi connectivity index (χ1n) is 10.3. The molecule has 2 aliphatic heterocycles.